The molecule has 218 valence electrons. The molecule has 4 aromatic carbocycles. The number of sulfonamides is 1. The van der Waals surface area contributed by atoms with Crippen molar-refractivity contribution in [2.24, 2.45) is 0 Å². The van der Waals surface area contributed by atoms with Gasteiger partial charge in [-0.1, -0.05) is 80.9 Å². The maximum Gasteiger partial charge on any atom is 0.264 e. The Hall–Kier alpha value is -4.43. The van der Waals surface area contributed by atoms with Gasteiger partial charge >= 0.3 is 0 Å². The van der Waals surface area contributed by atoms with Crippen molar-refractivity contribution in [2.75, 3.05) is 23.3 Å². The molecule has 1 amide bonds. The van der Waals surface area contributed by atoms with E-state index >= 15 is 0 Å². The van der Waals surface area contributed by atoms with E-state index in [1.807, 2.05) is 26.0 Å². The Balaban J connectivity index is 1.61. The lowest BCUT2D eigenvalue weighted by molar-refractivity contribution is -0.114. The van der Waals surface area contributed by atoms with Gasteiger partial charge in [0, 0.05) is 16.8 Å². The fraction of sp³-hybridized carbons (Fsp3) is 0.235. The van der Waals surface area contributed by atoms with E-state index in [-0.39, 0.29) is 21.8 Å². The zero-order valence-electron chi connectivity index (χ0n) is 24.8. The summed E-state index contributed by atoms with van der Waals surface area (Å²) in [5.41, 5.74) is 4.36. The summed E-state index contributed by atoms with van der Waals surface area (Å²) in [6.45, 7) is 9.51. The van der Waals surface area contributed by atoms with Crippen LogP contribution in [0.15, 0.2) is 95.9 Å². The van der Waals surface area contributed by atoms with Gasteiger partial charge in [0.05, 0.1) is 17.7 Å². The van der Waals surface area contributed by atoms with E-state index in [1.54, 1.807) is 66.7 Å². The molecule has 0 unspecified atom stereocenters. The molecule has 0 spiro atoms. The summed E-state index contributed by atoms with van der Waals surface area (Å²) < 4.78 is 34.2. The number of rotatable bonds is 9. The van der Waals surface area contributed by atoms with Crippen LogP contribution in [0.4, 0.5) is 11.4 Å². The second kappa shape index (κ2) is 12.2. The molecule has 0 aromatic heterocycles. The number of nitrogens with one attached hydrogen (secondary N) is 1. The molecule has 0 aliphatic carbocycles. The van der Waals surface area contributed by atoms with Crippen molar-refractivity contribution in [1.29, 1.82) is 0 Å². The van der Waals surface area contributed by atoms with Gasteiger partial charge in [-0.2, -0.15) is 0 Å². The van der Waals surface area contributed by atoms with E-state index in [1.165, 1.54) is 19.2 Å². The van der Waals surface area contributed by atoms with Crippen LogP contribution in [0.3, 0.4) is 0 Å². The van der Waals surface area contributed by atoms with E-state index in [0.29, 0.717) is 22.6 Å². The fourth-order valence-electron chi connectivity index (χ4n) is 4.49. The maximum atomic E-state index is 13.8. The Kier molecular flexibility index (Phi) is 8.87. The number of carbonyl (C=O) groups excluding carboxylic acids is 2. The predicted molar refractivity (Wildman–Crippen MR) is 167 cm³/mol. The van der Waals surface area contributed by atoms with Crippen LogP contribution in [0.5, 0.6) is 5.75 Å². The van der Waals surface area contributed by atoms with Crippen molar-refractivity contribution in [2.45, 2.75) is 44.9 Å². The highest BCUT2D eigenvalue weighted by atomic mass is 32.2. The number of anilines is 2. The van der Waals surface area contributed by atoms with Crippen LogP contribution in [-0.2, 0) is 20.2 Å². The summed E-state index contributed by atoms with van der Waals surface area (Å²) in [5, 5.41) is 2.76. The highest BCUT2D eigenvalue weighted by Gasteiger charge is 2.30. The lowest BCUT2D eigenvalue weighted by Gasteiger charge is -2.26. The molecular weight excluding hydrogens is 548 g/mol. The second-order valence-corrected chi connectivity index (χ2v) is 13.1. The first-order chi connectivity index (χ1) is 19.8. The summed E-state index contributed by atoms with van der Waals surface area (Å²) in [5.74, 6) is -0.442. The van der Waals surface area contributed by atoms with Crippen LogP contribution in [0, 0.1) is 13.8 Å². The molecular formula is C34H36N2O5S. The number of aryl methyl sites for hydroxylation is 2. The first kappa shape index (κ1) is 30.5. The van der Waals surface area contributed by atoms with Crippen molar-refractivity contribution in [3.8, 4) is 5.75 Å². The molecule has 4 rings (SSSR count). The number of ether oxygens (including phenoxy) is 1. The van der Waals surface area contributed by atoms with Crippen LogP contribution >= 0.6 is 0 Å². The Morgan fingerprint density at radius 1 is 0.810 bits per heavy atom. The molecule has 0 bridgehead atoms. The molecule has 8 heteroatoms. The maximum absolute atomic E-state index is 13.8. The van der Waals surface area contributed by atoms with E-state index in [2.05, 4.69) is 26.1 Å². The highest BCUT2D eigenvalue weighted by Crippen LogP contribution is 2.33. The van der Waals surface area contributed by atoms with Crippen molar-refractivity contribution in [3.63, 3.8) is 0 Å². The van der Waals surface area contributed by atoms with Crippen LogP contribution in [-0.4, -0.2) is 33.8 Å². The quantitative estimate of drug-likeness (QED) is 0.222. The van der Waals surface area contributed by atoms with E-state index in [4.69, 9.17) is 4.74 Å². The minimum atomic E-state index is -4.14. The standard InChI is InChI=1S/C34H36N2O5S/c1-23-10-17-29(18-11-23)42(39,40)36(30-20-24(2)12-19-31(30)41-6)22-32(37)35-28-9-7-8-26(21-28)33(38)25-13-15-27(16-14-25)34(3,4)5/h7-21H,22H2,1-6H3,(H,35,37). The van der Waals surface area contributed by atoms with E-state index in [9.17, 15) is 18.0 Å². The monoisotopic (exact) mass is 584 g/mol. The topological polar surface area (TPSA) is 92.8 Å². The van der Waals surface area contributed by atoms with Gasteiger partial charge in [0.25, 0.3) is 10.0 Å². The Morgan fingerprint density at radius 2 is 1.45 bits per heavy atom. The van der Waals surface area contributed by atoms with Gasteiger partial charge in [0.15, 0.2) is 5.78 Å². The smallest absolute Gasteiger partial charge is 0.264 e. The average molecular weight is 585 g/mol. The lowest BCUT2D eigenvalue weighted by Crippen LogP contribution is -2.38. The Labute approximate surface area is 248 Å². The third-order valence-corrected chi connectivity index (χ3v) is 8.69. The molecule has 0 radical (unpaired) electrons. The minimum absolute atomic E-state index is 0.0327. The number of nitrogens with zero attached hydrogens (tertiary/aromatic N) is 1. The summed E-state index contributed by atoms with van der Waals surface area (Å²) in [6, 6.07) is 25.7. The second-order valence-electron chi connectivity index (χ2n) is 11.3. The van der Waals surface area contributed by atoms with Crippen LogP contribution < -0.4 is 14.4 Å². The van der Waals surface area contributed by atoms with Crippen molar-refractivity contribution in [1.82, 2.24) is 0 Å². The first-order valence-electron chi connectivity index (χ1n) is 13.6. The molecule has 0 heterocycles. The fourth-order valence-corrected chi connectivity index (χ4v) is 5.91. The number of amides is 1. The predicted octanol–water partition coefficient (Wildman–Crippen LogP) is 6.67. The third-order valence-electron chi connectivity index (χ3n) is 6.92. The van der Waals surface area contributed by atoms with Gasteiger partial charge in [-0.25, -0.2) is 8.42 Å². The summed E-state index contributed by atoms with van der Waals surface area (Å²) in [7, 11) is -2.69. The molecule has 42 heavy (non-hydrogen) atoms. The zero-order chi connectivity index (χ0) is 30.7. The van der Waals surface area contributed by atoms with Crippen LogP contribution in [0.2, 0.25) is 0 Å². The highest BCUT2D eigenvalue weighted by molar-refractivity contribution is 7.92. The molecule has 7 nitrogen and oxygen atoms in total. The van der Waals surface area contributed by atoms with Gasteiger partial charge in [0.2, 0.25) is 5.91 Å². The van der Waals surface area contributed by atoms with Crippen LogP contribution in [0.1, 0.15) is 53.4 Å². The molecule has 0 saturated carbocycles. The largest absolute Gasteiger partial charge is 0.495 e. The number of benzene rings is 4. The summed E-state index contributed by atoms with van der Waals surface area (Å²) in [4.78, 5) is 26.6. The molecule has 0 aliphatic heterocycles. The Bertz CT molecular complexity index is 1700. The number of hydrogen-bond acceptors (Lipinski definition) is 5. The number of carbonyl (C=O) groups is 2. The van der Waals surface area contributed by atoms with Gasteiger partial charge in [-0.3, -0.25) is 13.9 Å². The minimum Gasteiger partial charge on any atom is -0.495 e. The number of hydrogen-bond donors (Lipinski definition) is 1. The molecule has 0 fully saturated rings. The van der Waals surface area contributed by atoms with E-state index in [0.717, 1.165) is 21.0 Å². The molecule has 0 saturated heterocycles. The van der Waals surface area contributed by atoms with Crippen LogP contribution in [0.25, 0.3) is 0 Å². The average Bonchev–Trinajstić information content (AvgIpc) is 2.95. The van der Waals surface area contributed by atoms with Gasteiger partial charge < -0.3 is 10.1 Å². The zero-order valence-corrected chi connectivity index (χ0v) is 25.6. The van der Waals surface area contributed by atoms with Crippen molar-refractivity contribution < 1.29 is 22.7 Å². The SMILES string of the molecule is COc1ccc(C)cc1N(CC(=O)Nc1cccc(C(=O)c2ccc(C(C)(C)C)cc2)c1)S(=O)(=O)c1ccc(C)cc1. The Morgan fingerprint density at radius 3 is 2.07 bits per heavy atom. The number of ketones is 1. The molecule has 0 aliphatic rings. The van der Waals surface area contributed by atoms with Crippen molar-refractivity contribution in [3.05, 3.63) is 119 Å². The van der Waals surface area contributed by atoms with Gasteiger partial charge in [-0.05, 0) is 66.8 Å². The summed E-state index contributed by atoms with van der Waals surface area (Å²) >= 11 is 0. The van der Waals surface area contributed by atoms with Gasteiger partial charge in [-0.15, -0.1) is 0 Å². The summed E-state index contributed by atoms with van der Waals surface area (Å²) in [6.07, 6.45) is 0. The molecule has 4 aromatic rings. The van der Waals surface area contributed by atoms with Crippen molar-refractivity contribution >= 4 is 33.1 Å². The van der Waals surface area contributed by atoms with E-state index < -0.39 is 22.5 Å². The first-order valence-corrected chi connectivity index (χ1v) is 15.0. The number of methoxy groups -OCH3 is 1. The van der Waals surface area contributed by atoms with Gasteiger partial charge in [0.1, 0.15) is 12.3 Å². The molecule has 0 atom stereocenters. The molecule has 1 N–H and O–H groups in total. The normalized spacial score (nSPS) is 11.6. The lowest BCUT2D eigenvalue weighted by atomic mass is 9.86. The third kappa shape index (κ3) is 6.89.